The Kier molecular flexibility index (Phi) is 6.59. The molecule has 1 aliphatic heterocycles. The van der Waals surface area contributed by atoms with Crippen molar-refractivity contribution >= 4 is 29.4 Å². The van der Waals surface area contributed by atoms with Crippen LogP contribution in [0.15, 0.2) is 79.4 Å². The number of imide groups is 1. The zero-order valence-electron chi connectivity index (χ0n) is 19.4. The third-order valence-corrected chi connectivity index (χ3v) is 5.73. The summed E-state index contributed by atoms with van der Waals surface area (Å²) in [5.74, 6) is -2.25. The van der Waals surface area contributed by atoms with Crippen molar-refractivity contribution in [2.24, 2.45) is 0 Å². The standard InChI is InChI=1S/C28H24N2O5/c1-4-14-30-26(32)21-13-12-20(16-22(21)27(30)33)28(34)35-24(19-8-6-5-7-9-19)25(31)29-23-15-17(2)10-11-18(23)3/h4-13,15-16,24H,1,14H2,2-3H3,(H,29,31). The lowest BCUT2D eigenvalue weighted by Gasteiger charge is -2.19. The molecule has 0 saturated carbocycles. The van der Waals surface area contributed by atoms with E-state index in [1.54, 1.807) is 30.3 Å². The maximum Gasteiger partial charge on any atom is 0.339 e. The third-order valence-electron chi connectivity index (χ3n) is 5.73. The first-order valence-electron chi connectivity index (χ1n) is 11.1. The van der Waals surface area contributed by atoms with Crippen LogP contribution in [0.25, 0.3) is 0 Å². The van der Waals surface area contributed by atoms with Gasteiger partial charge in [-0.1, -0.05) is 48.5 Å². The number of hydrogen-bond acceptors (Lipinski definition) is 5. The monoisotopic (exact) mass is 468 g/mol. The quantitative estimate of drug-likeness (QED) is 0.310. The van der Waals surface area contributed by atoms with Crippen molar-refractivity contribution < 1.29 is 23.9 Å². The molecule has 0 saturated heterocycles. The van der Waals surface area contributed by atoms with Crippen molar-refractivity contribution in [3.05, 3.63) is 113 Å². The molecule has 0 aliphatic carbocycles. The summed E-state index contributed by atoms with van der Waals surface area (Å²) in [6.07, 6.45) is 0.224. The fraction of sp³-hybridized carbons (Fsp3) is 0.143. The molecule has 1 unspecified atom stereocenters. The van der Waals surface area contributed by atoms with E-state index in [1.165, 1.54) is 24.3 Å². The van der Waals surface area contributed by atoms with Crippen molar-refractivity contribution in [2.75, 3.05) is 11.9 Å². The van der Waals surface area contributed by atoms with Crippen LogP contribution in [0.2, 0.25) is 0 Å². The minimum Gasteiger partial charge on any atom is -0.444 e. The summed E-state index contributed by atoms with van der Waals surface area (Å²) >= 11 is 0. The number of esters is 1. The summed E-state index contributed by atoms with van der Waals surface area (Å²) in [4.78, 5) is 52.4. The lowest BCUT2D eigenvalue weighted by atomic mass is 10.1. The predicted octanol–water partition coefficient (Wildman–Crippen LogP) is 4.62. The van der Waals surface area contributed by atoms with Crippen LogP contribution in [-0.4, -0.2) is 35.1 Å². The van der Waals surface area contributed by atoms with Crippen LogP contribution >= 0.6 is 0 Å². The number of benzene rings is 3. The van der Waals surface area contributed by atoms with Gasteiger partial charge >= 0.3 is 5.97 Å². The van der Waals surface area contributed by atoms with Crippen molar-refractivity contribution in [1.82, 2.24) is 4.90 Å². The van der Waals surface area contributed by atoms with Crippen LogP contribution in [0.5, 0.6) is 0 Å². The topological polar surface area (TPSA) is 92.8 Å². The maximum absolute atomic E-state index is 13.2. The van der Waals surface area contributed by atoms with Gasteiger partial charge in [-0.05, 0) is 49.2 Å². The van der Waals surface area contributed by atoms with Crippen molar-refractivity contribution in [2.45, 2.75) is 20.0 Å². The molecule has 176 valence electrons. The van der Waals surface area contributed by atoms with Crippen molar-refractivity contribution in [3.63, 3.8) is 0 Å². The molecule has 3 aromatic carbocycles. The number of amides is 3. The second-order valence-electron chi connectivity index (χ2n) is 8.27. The van der Waals surface area contributed by atoms with Gasteiger partial charge < -0.3 is 10.1 Å². The fourth-order valence-electron chi connectivity index (χ4n) is 3.86. The minimum absolute atomic E-state index is 0.0609. The van der Waals surface area contributed by atoms with Crippen LogP contribution in [0, 0.1) is 13.8 Å². The highest BCUT2D eigenvalue weighted by atomic mass is 16.5. The van der Waals surface area contributed by atoms with Gasteiger partial charge in [-0.3, -0.25) is 19.3 Å². The first-order chi connectivity index (χ1) is 16.8. The molecule has 35 heavy (non-hydrogen) atoms. The summed E-state index contributed by atoms with van der Waals surface area (Å²) < 4.78 is 5.65. The zero-order valence-corrected chi connectivity index (χ0v) is 19.4. The van der Waals surface area contributed by atoms with E-state index >= 15 is 0 Å². The normalized spacial score (nSPS) is 13.3. The molecule has 1 heterocycles. The smallest absolute Gasteiger partial charge is 0.339 e. The van der Waals surface area contributed by atoms with E-state index < -0.39 is 29.8 Å². The molecule has 3 amide bonds. The number of ether oxygens (including phenoxy) is 1. The fourth-order valence-corrected chi connectivity index (χ4v) is 3.86. The predicted molar refractivity (Wildman–Crippen MR) is 131 cm³/mol. The average molecular weight is 469 g/mol. The number of anilines is 1. The number of hydrogen-bond donors (Lipinski definition) is 1. The van der Waals surface area contributed by atoms with Crippen molar-refractivity contribution in [3.8, 4) is 0 Å². The second kappa shape index (κ2) is 9.77. The van der Waals surface area contributed by atoms with Gasteiger partial charge in [0.25, 0.3) is 17.7 Å². The van der Waals surface area contributed by atoms with Gasteiger partial charge in [0.2, 0.25) is 6.10 Å². The van der Waals surface area contributed by atoms with Crippen molar-refractivity contribution in [1.29, 1.82) is 0 Å². The molecule has 0 spiro atoms. The minimum atomic E-state index is -1.23. The molecule has 0 bridgehead atoms. The number of fused-ring (bicyclic) bond motifs is 1. The Morgan fingerprint density at radius 1 is 0.971 bits per heavy atom. The van der Waals surface area contributed by atoms with E-state index in [9.17, 15) is 19.2 Å². The SMILES string of the molecule is C=CCN1C(=O)c2ccc(C(=O)OC(C(=O)Nc3cc(C)ccc3C)c3ccccc3)cc2C1=O. The molecule has 4 rings (SSSR count). The molecule has 1 N–H and O–H groups in total. The second-order valence-corrected chi connectivity index (χ2v) is 8.27. The van der Waals surface area contributed by atoms with Gasteiger partial charge in [-0.25, -0.2) is 4.79 Å². The Balaban J connectivity index is 1.61. The van der Waals surface area contributed by atoms with Gasteiger partial charge in [0.15, 0.2) is 0 Å². The summed E-state index contributed by atoms with van der Waals surface area (Å²) in [6, 6.07) is 18.5. The van der Waals surface area contributed by atoms with Gasteiger partial charge in [0.05, 0.1) is 16.7 Å². The third kappa shape index (κ3) is 4.75. The summed E-state index contributed by atoms with van der Waals surface area (Å²) in [6.45, 7) is 7.42. The maximum atomic E-state index is 13.2. The molecular weight excluding hydrogens is 444 g/mol. The first kappa shape index (κ1) is 23.6. The summed E-state index contributed by atoms with van der Waals surface area (Å²) in [5, 5.41) is 2.85. The Bertz CT molecular complexity index is 1350. The van der Waals surface area contributed by atoms with E-state index in [0.717, 1.165) is 16.0 Å². The zero-order chi connectivity index (χ0) is 25.1. The van der Waals surface area contributed by atoms with Gasteiger partial charge in [-0.15, -0.1) is 6.58 Å². The number of carbonyl (C=O) groups excluding carboxylic acids is 4. The molecular formula is C28H24N2O5. The first-order valence-corrected chi connectivity index (χ1v) is 11.1. The van der Waals surface area contributed by atoms with Gasteiger partial charge in [-0.2, -0.15) is 0 Å². The molecule has 7 heteroatoms. The highest BCUT2D eigenvalue weighted by Gasteiger charge is 2.36. The molecule has 1 aliphatic rings. The lowest BCUT2D eigenvalue weighted by molar-refractivity contribution is -0.125. The van der Waals surface area contributed by atoms with E-state index in [2.05, 4.69) is 11.9 Å². The van der Waals surface area contributed by atoms with Crippen LogP contribution in [0.3, 0.4) is 0 Å². The largest absolute Gasteiger partial charge is 0.444 e. The molecule has 3 aromatic rings. The molecule has 7 nitrogen and oxygen atoms in total. The number of rotatable bonds is 7. The Hall–Kier alpha value is -4.52. The van der Waals surface area contributed by atoms with E-state index in [-0.39, 0.29) is 23.2 Å². The van der Waals surface area contributed by atoms with Gasteiger partial charge in [0, 0.05) is 17.8 Å². The summed E-state index contributed by atoms with van der Waals surface area (Å²) in [7, 11) is 0. The number of carbonyl (C=O) groups is 4. The Morgan fingerprint density at radius 2 is 1.69 bits per heavy atom. The van der Waals surface area contributed by atoms with Crippen LogP contribution < -0.4 is 5.32 Å². The summed E-state index contributed by atoms with van der Waals surface area (Å²) in [5.41, 5.74) is 3.34. The Labute approximate surface area is 203 Å². The van der Waals surface area contributed by atoms with E-state index in [0.29, 0.717) is 11.3 Å². The molecule has 0 radical (unpaired) electrons. The van der Waals surface area contributed by atoms with Gasteiger partial charge in [0.1, 0.15) is 0 Å². The number of aryl methyl sites for hydroxylation is 2. The van der Waals surface area contributed by atoms with Crippen LogP contribution in [-0.2, 0) is 9.53 Å². The lowest BCUT2D eigenvalue weighted by Crippen LogP contribution is -2.29. The van der Waals surface area contributed by atoms with Crippen LogP contribution in [0.4, 0.5) is 5.69 Å². The number of nitrogens with one attached hydrogen (secondary N) is 1. The molecule has 0 aromatic heterocycles. The van der Waals surface area contributed by atoms with E-state index in [1.807, 2.05) is 32.0 Å². The molecule has 0 fully saturated rings. The average Bonchev–Trinajstić information content (AvgIpc) is 3.09. The highest BCUT2D eigenvalue weighted by molar-refractivity contribution is 6.22. The molecule has 1 atom stereocenters. The van der Waals surface area contributed by atoms with E-state index in [4.69, 9.17) is 4.74 Å². The number of nitrogens with zero attached hydrogens (tertiary/aromatic N) is 1. The van der Waals surface area contributed by atoms with Crippen LogP contribution in [0.1, 0.15) is 53.9 Å². The highest BCUT2D eigenvalue weighted by Crippen LogP contribution is 2.27. The Morgan fingerprint density at radius 3 is 2.40 bits per heavy atom.